The molecule has 0 saturated heterocycles. The molecule has 0 fully saturated rings. The minimum absolute atomic E-state index is 0.435. The molecule has 1 heterocycles. The number of imidazole rings is 1. The number of hydrogen-bond acceptors (Lipinski definition) is 1. The van der Waals surface area contributed by atoms with Crippen LogP contribution in [0.3, 0.4) is 0 Å². The smallest absolute Gasteiger partial charge is 0.113 e. The zero-order chi connectivity index (χ0) is 12.3. The van der Waals surface area contributed by atoms with Crippen LogP contribution >= 0.6 is 23.2 Å². The highest BCUT2D eigenvalue weighted by molar-refractivity contribution is 6.32. The van der Waals surface area contributed by atoms with Gasteiger partial charge in [0, 0.05) is 35.4 Å². The maximum absolute atomic E-state index is 6.16. The van der Waals surface area contributed by atoms with Crippen molar-refractivity contribution in [2.75, 3.05) is 0 Å². The standard InChI is InChI=1S/C13H14Cl2N2/c1-2-3-13-16-6-7-17(13)11-5-4-10(9-14)12(15)8-11/h4-8H,2-3,9H2,1H3. The van der Waals surface area contributed by atoms with E-state index < -0.39 is 0 Å². The Balaban J connectivity index is 2.39. The van der Waals surface area contributed by atoms with Crippen molar-refractivity contribution in [3.05, 3.63) is 47.0 Å². The molecule has 0 bridgehead atoms. The fourth-order valence-electron chi connectivity index (χ4n) is 1.77. The molecule has 0 N–H and O–H groups in total. The zero-order valence-electron chi connectivity index (χ0n) is 9.66. The van der Waals surface area contributed by atoms with E-state index in [9.17, 15) is 0 Å². The van der Waals surface area contributed by atoms with Crippen LogP contribution in [0.2, 0.25) is 5.02 Å². The molecule has 2 rings (SSSR count). The maximum atomic E-state index is 6.16. The van der Waals surface area contributed by atoms with E-state index in [0.29, 0.717) is 10.9 Å². The van der Waals surface area contributed by atoms with E-state index in [-0.39, 0.29) is 0 Å². The molecule has 1 aromatic heterocycles. The van der Waals surface area contributed by atoms with Gasteiger partial charge in [0.2, 0.25) is 0 Å². The van der Waals surface area contributed by atoms with Gasteiger partial charge in [-0.15, -0.1) is 11.6 Å². The van der Waals surface area contributed by atoms with Crippen LogP contribution in [0, 0.1) is 0 Å². The second-order valence-corrected chi connectivity index (χ2v) is 4.55. The van der Waals surface area contributed by atoms with E-state index in [1.807, 2.05) is 30.6 Å². The third-order valence-electron chi connectivity index (χ3n) is 2.65. The number of aromatic nitrogens is 2. The zero-order valence-corrected chi connectivity index (χ0v) is 11.2. The Morgan fingerprint density at radius 1 is 1.35 bits per heavy atom. The number of hydrogen-bond donors (Lipinski definition) is 0. The van der Waals surface area contributed by atoms with E-state index in [1.165, 1.54) is 0 Å². The molecule has 4 heteroatoms. The first-order chi connectivity index (χ1) is 8.26. The Hall–Kier alpha value is -0.990. The van der Waals surface area contributed by atoms with Crippen molar-refractivity contribution in [1.82, 2.24) is 9.55 Å². The summed E-state index contributed by atoms with van der Waals surface area (Å²) in [7, 11) is 0. The molecule has 0 atom stereocenters. The van der Waals surface area contributed by atoms with Crippen molar-refractivity contribution in [1.29, 1.82) is 0 Å². The van der Waals surface area contributed by atoms with Gasteiger partial charge in [0.05, 0.1) is 0 Å². The first-order valence-corrected chi connectivity index (χ1v) is 6.54. The third-order valence-corrected chi connectivity index (χ3v) is 3.29. The second kappa shape index (κ2) is 5.56. The van der Waals surface area contributed by atoms with Gasteiger partial charge >= 0.3 is 0 Å². The van der Waals surface area contributed by atoms with Crippen molar-refractivity contribution >= 4 is 23.2 Å². The van der Waals surface area contributed by atoms with Gasteiger partial charge in [0.1, 0.15) is 5.82 Å². The molecule has 0 spiro atoms. The Morgan fingerprint density at radius 2 is 2.18 bits per heavy atom. The number of halogens is 2. The Kier molecular flexibility index (Phi) is 4.08. The summed E-state index contributed by atoms with van der Waals surface area (Å²) in [6, 6.07) is 5.91. The van der Waals surface area contributed by atoms with Gasteiger partial charge in [-0.2, -0.15) is 0 Å². The van der Waals surface area contributed by atoms with Gasteiger partial charge in [0.25, 0.3) is 0 Å². The van der Waals surface area contributed by atoms with Crippen LogP contribution in [-0.2, 0) is 12.3 Å². The van der Waals surface area contributed by atoms with Crippen LogP contribution in [0.5, 0.6) is 0 Å². The summed E-state index contributed by atoms with van der Waals surface area (Å²) in [5.41, 5.74) is 1.99. The summed E-state index contributed by atoms with van der Waals surface area (Å²) in [5, 5.41) is 0.702. The van der Waals surface area contributed by atoms with Crippen molar-refractivity contribution in [3.63, 3.8) is 0 Å². The van der Waals surface area contributed by atoms with Crippen molar-refractivity contribution < 1.29 is 0 Å². The Labute approximate surface area is 111 Å². The van der Waals surface area contributed by atoms with Gasteiger partial charge in [-0.25, -0.2) is 4.98 Å². The van der Waals surface area contributed by atoms with Crippen molar-refractivity contribution in [2.45, 2.75) is 25.6 Å². The Bertz CT molecular complexity index is 506. The molecular weight excluding hydrogens is 255 g/mol. The molecule has 90 valence electrons. The van der Waals surface area contributed by atoms with Crippen LogP contribution in [-0.4, -0.2) is 9.55 Å². The molecule has 1 aromatic carbocycles. The largest absolute Gasteiger partial charge is 0.304 e. The van der Waals surface area contributed by atoms with Crippen molar-refractivity contribution in [3.8, 4) is 5.69 Å². The molecule has 0 unspecified atom stereocenters. The summed E-state index contributed by atoms with van der Waals surface area (Å²) in [6.45, 7) is 2.14. The van der Waals surface area contributed by atoms with E-state index in [0.717, 1.165) is 29.9 Å². The average molecular weight is 269 g/mol. The molecule has 17 heavy (non-hydrogen) atoms. The lowest BCUT2D eigenvalue weighted by molar-refractivity contribution is 0.809. The monoisotopic (exact) mass is 268 g/mol. The lowest BCUT2D eigenvalue weighted by Crippen LogP contribution is -2.00. The fraction of sp³-hybridized carbons (Fsp3) is 0.308. The molecular formula is C13H14Cl2N2. The molecule has 2 aromatic rings. The molecule has 0 aliphatic rings. The van der Waals surface area contributed by atoms with E-state index in [2.05, 4.69) is 16.5 Å². The van der Waals surface area contributed by atoms with Crippen LogP contribution in [0.25, 0.3) is 5.69 Å². The lowest BCUT2D eigenvalue weighted by atomic mass is 10.2. The predicted octanol–water partition coefficient (Wildman–Crippen LogP) is 4.22. The van der Waals surface area contributed by atoms with Crippen LogP contribution in [0.15, 0.2) is 30.6 Å². The SMILES string of the molecule is CCCc1nccn1-c1ccc(CCl)c(Cl)c1. The molecule has 2 nitrogen and oxygen atoms in total. The molecule has 0 aliphatic carbocycles. The fourth-order valence-corrected chi connectivity index (χ4v) is 2.32. The third kappa shape index (κ3) is 2.64. The van der Waals surface area contributed by atoms with Gasteiger partial charge in [0.15, 0.2) is 0 Å². The topological polar surface area (TPSA) is 17.8 Å². The summed E-state index contributed by atoms with van der Waals surface area (Å²) in [5.74, 6) is 1.49. The number of aryl methyl sites for hydroxylation is 1. The van der Waals surface area contributed by atoms with Gasteiger partial charge in [-0.3, -0.25) is 0 Å². The number of benzene rings is 1. The van der Waals surface area contributed by atoms with Crippen LogP contribution in [0.1, 0.15) is 24.7 Å². The van der Waals surface area contributed by atoms with Gasteiger partial charge in [-0.05, 0) is 24.1 Å². The molecule has 0 saturated carbocycles. The minimum Gasteiger partial charge on any atom is -0.304 e. The number of rotatable bonds is 4. The highest BCUT2D eigenvalue weighted by Gasteiger charge is 2.06. The van der Waals surface area contributed by atoms with Crippen LogP contribution < -0.4 is 0 Å². The number of alkyl halides is 1. The Morgan fingerprint density at radius 3 is 2.82 bits per heavy atom. The summed E-state index contributed by atoms with van der Waals surface area (Å²) in [6.07, 6.45) is 5.80. The highest BCUT2D eigenvalue weighted by atomic mass is 35.5. The van der Waals surface area contributed by atoms with E-state index >= 15 is 0 Å². The van der Waals surface area contributed by atoms with Gasteiger partial charge in [-0.1, -0.05) is 24.6 Å². The number of nitrogens with zero attached hydrogens (tertiary/aromatic N) is 2. The van der Waals surface area contributed by atoms with Gasteiger partial charge < -0.3 is 4.57 Å². The first-order valence-electron chi connectivity index (χ1n) is 5.63. The minimum atomic E-state index is 0.435. The predicted molar refractivity (Wildman–Crippen MR) is 72.1 cm³/mol. The quantitative estimate of drug-likeness (QED) is 0.760. The lowest BCUT2D eigenvalue weighted by Gasteiger charge is -2.09. The molecule has 0 radical (unpaired) electrons. The summed E-state index contributed by atoms with van der Waals surface area (Å²) >= 11 is 11.9. The average Bonchev–Trinajstić information content (AvgIpc) is 2.78. The summed E-state index contributed by atoms with van der Waals surface area (Å²) in [4.78, 5) is 4.35. The van der Waals surface area contributed by atoms with Crippen LogP contribution in [0.4, 0.5) is 0 Å². The maximum Gasteiger partial charge on any atom is 0.113 e. The normalized spacial score (nSPS) is 10.8. The first kappa shape index (κ1) is 12.5. The van der Waals surface area contributed by atoms with Crippen molar-refractivity contribution in [2.24, 2.45) is 0 Å². The molecule has 0 aliphatic heterocycles. The highest BCUT2D eigenvalue weighted by Crippen LogP contribution is 2.22. The molecule has 0 amide bonds. The second-order valence-electron chi connectivity index (χ2n) is 3.87. The van der Waals surface area contributed by atoms with E-state index in [4.69, 9.17) is 23.2 Å². The van der Waals surface area contributed by atoms with E-state index in [1.54, 1.807) is 0 Å². The summed E-state index contributed by atoms with van der Waals surface area (Å²) < 4.78 is 2.06.